The van der Waals surface area contributed by atoms with Crippen LogP contribution in [0.2, 0.25) is 0 Å². The smallest absolute Gasteiger partial charge is 0.344 e. The van der Waals surface area contributed by atoms with Crippen LogP contribution < -0.4 is 19.5 Å². The van der Waals surface area contributed by atoms with Gasteiger partial charge in [-0.25, -0.2) is 4.79 Å². The van der Waals surface area contributed by atoms with Crippen molar-refractivity contribution in [2.24, 2.45) is 0 Å². The van der Waals surface area contributed by atoms with E-state index in [1.165, 1.54) is 21.3 Å². The minimum atomic E-state index is -0.640. The summed E-state index contributed by atoms with van der Waals surface area (Å²) in [7, 11) is 4.53. The summed E-state index contributed by atoms with van der Waals surface area (Å²) in [5.41, 5.74) is 1.50. The van der Waals surface area contributed by atoms with Crippen LogP contribution in [-0.4, -0.2) is 45.0 Å². The van der Waals surface area contributed by atoms with Gasteiger partial charge in [0.15, 0.2) is 18.1 Å². The van der Waals surface area contributed by atoms with Crippen LogP contribution in [0.25, 0.3) is 0 Å². The third-order valence-electron chi connectivity index (χ3n) is 4.02. The first-order chi connectivity index (χ1) is 13.4. The van der Waals surface area contributed by atoms with Crippen molar-refractivity contribution >= 4 is 11.9 Å². The molecule has 0 aliphatic heterocycles. The van der Waals surface area contributed by atoms with Crippen molar-refractivity contribution in [3.63, 3.8) is 0 Å². The number of aryl methyl sites for hydroxylation is 2. The standard InChI is InChI=1S/C19H24N2O7/c1-6-13-17(11(2)28-21-13)19(23)27-10-16(22)20-9-12-7-14(24-3)18(26-5)15(8-12)25-4/h7-8H,6,9-10H2,1-5H3,(H,20,22). The minimum absolute atomic E-state index is 0.194. The Bertz CT molecular complexity index is 820. The summed E-state index contributed by atoms with van der Waals surface area (Å²) in [5, 5.41) is 6.47. The Labute approximate surface area is 162 Å². The van der Waals surface area contributed by atoms with Gasteiger partial charge in [0, 0.05) is 6.54 Å². The third-order valence-corrected chi connectivity index (χ3v) is 4.02. The monoisotopic (exact) mass is 392 g/mol. The van der Waals surface area contributed by atoms with Crippen molar-refractivity contribution in [3.05, 3.63) is 34.7 Å². The van der Waals surface area contributed by atoms with E-state index in [0.29, 0.717) is 35.1 Å². The average molecular weight is 392 g/mol. The number of carbonyl (C=O) groups excluding carboxylic acids is 2. The van der Waals surface area contributed by atoms with Crippen molar-refractivity contribution in [3.8, 4) is 17.2 Å². The largest absolute Gasteiger partial charge is 0.493 e. The first kappa shape index (κ1) is 21.1. The highest BCUT2D eigenvalue weighted by molar-refractivity contribution is 5.93. The van der Waals surface area contributed by atoms with Gasteiger partial charge in [0.2, 0.25) is 5.75 Å². The fourth-order valence-electron chi connectivity index (χ4n) is 2.61. The molecule has 2 aromatic rings. The second-order valence-corrected chi connectivity index (χ2v) is 5.80. The van der Waals surface area contributed by atoms with Gasteiger partial charge >= 0.3 is 5.97 Å². The van der Waals surface area contributed by atoms with E-state index >= 15 is 0 Å². The molecule has 9 nitrogen and oxygen atoms in total. The Kier molecular flexibility index (Phi) is 7.25. The molecule has 0 spiro atoms. The van der Waals surface area contributed by atoms with Gasteiger partial charge in [0.05, 0.1) is 27.0 Å². The fourth-order valence-corrected chi connectivity index (χ4v) is 2.61. The summed E-state index contributed by atoms with van der Waals surface area (Å²) in [6.07, 6.45) is 0.523. The van der Waals surface area contributed by atoms with E-state index in [1.807, 2.05) is 6.92 Å². The number of hydrogen-bond donors (Lipinski definition) is 1. The van der Waals surface area contributed by atoms with Crippen molar-refractivity contribution in [2.75, 3.05) is 27.9 Å². The van der Waals surface area contributed by atoms with E-state index in [4.69, 9.17) is 23.5 Å². The predicted molar refractivity (Wildman–Crippen MR) is 98.8 cm³/mol. The molecule has 0 bridgehead atoms. The number of nitrogens with zero attached hydrogens (tertiary/aromatic N) is 1. The maximum atomic E-state index is 12.2. The summed E-state index contributed by atoms with van der Waals surface area (Å²) in [4.78, 5) is 24.2. The lowest BCUT2D eigenvalue weighted by molar-refractivity contribution is -0.124. The number of benzene rings is 1. The molecular formula is C19H24N2O7. The molecule has 0 fully saturated rings. The van der Waals surface area contributed by atoms with Crippen LogP contribution in [0.3, 0.4) is 0 Å². The van der Waals surface area contributed by atoms with Gasteiger partial charge in [-0.3, -0.25) is 4.79 Å². The van der Waals surface area contributed by atoms with Crippen LogP contribution in [0.15, 0.2) is 16.7 Å². The van der Waals surface area contributed by atoms with Crippen molar-refractivity contribution in [1.82, 2.24) is 10.5 Å². The van der Waals surface area contributed by atoms with Crippen LogP contribution in [0, 0.1) is 6.92 Å². The number of rotatable bonds is 9. The molecule has 1 heterocycles. The highest BCUT2D eigenvalue weighted by atomic mass is 16.5. The zero-order valence-corrected chi connectivity index (χ0v) is 16.6. The van der Waals surface area contributed by atoms with E-state index in [2.05, 4.69) is 10.5 Å². The number of hydrogen-bond acceptors (Lipinski definition) is 8. The van der Waals surface area contributed by atoms with Gasteiger partial charge in [-0.15, -0.1) is 0 Å². The van der Waals surface area contributed by atoms with Gasteiger partial charge in [-0.05, 0) is 31.0 Å². The molecule has 9 heteroatoms. The topological polar surface area (TPSA) is 109 Å². The third kappa shape index (κ3) is 4.73. The molecule has 0 saturated carbocycles. The van der Waals surface area contributed by atoms with Crippen LogP contribution in [0.1, 0.15) is 34.3 Å². The molecule has 1 aromatic carbocycles. The zero-order chi connectivity index (χ0) is 20.7. The summed E-state index contributed by atoms with van der Waals surface area (Å²) in [6.45, 7) is 3.24. The molecule has 0 aliphatic rings. The van der Waals surface area contributed by atoms with E-state index in [-0.39, 0.29) is 12.1 Å². The van der Waals surface area contributed by atoms with E-state index in [9.17, 15) is 9.59 Å². The second-order valence-electron chi connectivity index (χ2n) is 5.80. The van der Waals surface area contributed by atoms with Crippen molar-refractivity contribution < 1.29 is 33.1 Å². The van der Waals surface area contributed by atoms with Gasteiger partial charge < -0.3 is 28.8 Å². The van der Waals surface area contributed by atoms with Crippen LogP contribution in [-0.2, 0) is 22.5 Å². The van der Waals surface area contributed by atoms with Crippen molar-refractivity contribution in [1.29, 1.82) is 0 Å². The number of esters is 1. The van der Waals surface area contributed by atoms with Gasteiger partial charge in [0.1, 0.15) is 11.3 Å². The molecule has 1 aromatic heterocycles. The Morgan fingerprint density at radius 2 is 1.75 bits per heavy atom. The quantitative estimate of drug-likeness (QED) is 0.646. The molecule has 0 unspecified atom stereocenters. The molecule has 2 rings (SSSR count). The van der Waals surface area contributed by atoms with Crippen LogP contribution >= 0.6 is 0 Å². The number of carbonyl (C=O) groups is 2. The molecule has 0 saturated heterocycles. The number of nitrogens with one attached hydrogen (secondary N) is 1. The normalized spacial score (nSPS) is 10.3. The Balaban J connectivity index is 1.95. The summed E-state index contributed by atoms with van der Waals surface area (Å²) in [5.74, 6) is 0.692. The zero-order valence-electron chi connectivity index (χ0n) is 16.6. The van der Waals surface area contributed by atoms with Crippen molar-refractivity contribution in [2.45, 2.75) is 26.8 Å². The lowest BCUT2D eigenvalue weighted by Gasteiger charge is -2.14. The summed E-state index contributed by atoms with van der Waals surface area (Å²) >= 11 is 0. The second kappa shape index (κ2) is 9.63. The molecular weight excluding hydrogens is 368 g/mol. The molecule has 28 heavy (non-hydrogen) atoms. The van der Waals surface area contributed by atoms with Crippen LogP contribution in [0.4, 0.5) is 0 Å². The lowest BCUT2D eigenvalue weighted by atomic mass is 10.1. The molecule has 1 amide bonds. The SMILES string of the molecule is CCc1noc(C)c1C(=O)OCC(=O)NCc1cc(OC)c(OC)c(OC)c1. The first-order valence-electron chi connectivity index (χ1n) is 8.62. The number of ether oxygens (including phenoxy) is 4. The molecule has 0 atom stereocenters. The Hall–Kier alpha value is -3.23. The fraction of sp³-hybridized carbons (Fsp3) is 0.421. The molecule has 0 radical (unpaired) electrons. The summed E-state index contributed by atoms with van der Waals surface area (Å²) in [6, 6.07) is 3.45. The van der Waals surface area contributed by atoms with Gasteiger partial charge in [-0.1, -0.05) is 12.1 Å². The summed E-state index contributed by atoms with van der Waals surface area (Å²) < 4.78 is 25.9. The van der Waals surface area contributed by atoms with E-state index in [1.54, 1.807) is 19.1 Å². The molecule has 0 aliphatic carbocycles. The van der Waals surface area contributed by atoms with E-state index < -0.39 is 18.5 Å². The maximum Gasteiger partial charge on any atom is 0.344 e. The molecule has 1 N–H and O–H groups in total. The van der Waals surface area contributed by atoms with Gasteiger partial charge in [0.25, 0.3) is 5.91 Å². The molecule has 152 valence electrons. The Morgan fingerprint density at radius 3 is 2.29 bits per heavy atom. The maximum absolute atomic E-state index is 12.2. The van der Waals surface area contributed by atoms with Crippen LogP contribution in [0.5, 0.6) is 17.2 Å². The van der Waals surface area contributed by atoms with Gasteiger partial charge in [-0.2, -0.15) is 0 Å². The predicted octanol–water partition coefficient (Wildman–Crippen LogP) is 2.04. The lowest BCUT2D eigenvalue weighted by Crippen LogP contribution is -2.28. The van der Waals surface area contributed by atoms with E-state index in [0.717, 1.165) is 5.56 Å². The highest BCUT2D eigenvalue weighted by Gasteiger charge is 2.21. The Morgan fingerprint density at radius 1 is 1.11 bits per heavy atom. The number of aromatic nitrogens is 1. The average Bonchev–Trinajstić information content (AvgIpc) is 3.09. The number of amides is 1. The number of methoxy groups -OCH3 is 3. The highest BCUT2D eigenvalue weighted by Crippen LogP contribution is 2.38. The first-order valence-corrected chi connectivity index (χ1v) is 8.62. The minimum Gasteiger partial charge on any atom is -0.493 e.